The summed E-state index contributed by atoms with van der Waals surface area (Å²) >= 11 is 0. The minimum Gasteiger partial charge on any atom is -0.367 e. The van der Waals surface area contributed by atoms with Gasteiger partial charge in [0.2, 0.25) is 0 Å². The van der Waals surface area contributed by atoms with Gasteiger partial charge in [0.25, 0.3) is 0 Å². The minimum atomic E-state index is -6.09. The molecular weight excluding hydrogens is 182 g/mol. The Bertz CT molecular complexity index is 160. The first kappa shape index (κ1) is 10.1. The highest BCUT2D eigenvalue weighted by molar-refractivity contribution is 5.58. The molecule has 0 aliphatic carbocycles. The Hall–Kier alpha value is -0.950. The lowest BCUT2D eigenvalue weighted by Crippen LogP contribution is -2.39. The van der Waals surface area contributed by atoms with Crippen LogP contribution >= 0.6 is 0 Å². The van der Waals surface area contributed by atoms with Crippen molar-refractivity contribution < 1.29 is 35.9 Å². The molecule has 11 heavy (non-hydrogen) atoms. The van der Waals surface area contributed by atoms with E-state index in [0.717, 1.165) is 0 Å². The lowest BCUT2D eigenvalue weighted by atomic mass is 10.6. The van der Waals surface area contributed by atoms with E-state index in [9.17, 15) is 26.3 Å². The number of hydrogen-bond acceptors (Lipinski definition) is 2. The van der Waals surface area contributed by atoms with Gasteiger partial charge < -0.3 is 4.74 Å². The van der Waals surface area contributed by atoms with E-state index in [2.05, 4.69) is 0 Å². The van der Waals surface area contributed by atoms with Crippen LogP contribution in [0.4, 0.5) is 31.1 Å². The summed E-state index contributed by atoms with van der Waals surface area (Å²) in [6, 6.07) is 0. The number of alkyl halides is 5. The molecule has 0 radical (unpaired) electrons. The second kappa shape index (κ2) is 2.59. The van der Waals surface area contributed by atoms with E-state index in [1.165, 1.54) is 0 Å². The zero-order valence-electron chi connectivity index (χ0n) is 4.58. The molecule has 0 N–H and O–H groups in total. The average molecular weight is 182 g/mol. The molecule has 0 saturated carbocycles. The number of halogens is 6. The van der Waals surface area contributed by atoms with Gasteiger partial charge in [0.05, 0.1) is 0 Å². The van der Waals surface area contributed by atoms with E-state index >= 15 is 0 Å². The number of ether oxygens (including phenoxy) is 1. The van der Waals surface area contributed by atoms with Crippen molar-refractivity contribution in [2.75, 3.05) is 0 Å². The van der Waals surface area contributed by atoms with Gasteiger partial charge in [-0.2, -0.15) is 22.0 Å². The van der Waals surface area contributed by atoms with Gasteiger partial charge in [0.1, 0.15) is 0 Å². The summed E-state index contributed by atoms with van der Waals surface area (Å²) in [4.78, 5) is 9.04. The zero-order valence-corrected chi connectivity index (χ0v) is 4.58. The van der Waals surface area contributed by atoms with Crippen molar-refractivity contribution in [1.29, 1.82) is 0 Å². The van der Waals surface area contributed by atoms with Gasteiger partial charge in [-0.15, -0.1) is 4.39 Å². The van der Waals surface area contributed by atoms with Gasteiger partial charge in [-0.25, -0.2) is 4.79 Å². The summed E-state index contributed by atoms with van der Waals surface area (Å²) in [5, 5.41) is 0. The molecule has 0 amide bonds. The fourth-order valence-electron chi connectivity index (χ4n) is 0.159. The molecule has 0 fully saturated rings. The molecule has 0 aliphatic heterocycles. The van der Waals surface area contributed by atoms with Crippen LogP contribution in [0.5, 0.6) is 0 Å². The Kier molecular flexibility index (Phi) is 2.37. The molecule has 0 unspecified atom stereocenters. The van der Waals surface area contributed by atoms with Gasteiger partial charge in [-0.1, -0.05) is 0 Å². The van der Waals surface area contributed by atoms with Crippen molar-refractivity contribution in [2.45, 2.75) is 12.3 Å². The highest BCUT2D eigenvalue weighted by Gasteiger charge is 2.62. The molecule has 0 rings (SSSR count). The lowest BCUT2D eigenvalue weighted by molar-refractivity contribution is -0.372. The first-order chi connectivity index (χ1) is 4.67. The summed E-state index contributed by atoms with van der Waals surface area (Å²) in [7, 11) is 0. The normalized spacial score (nSPS) is 12.9. The van der Waals surface area contributed by atoms with Gasteiger partial charge in [0.15, 0.2) is 0 Å². The van der Waals surface area contributed by atoms with Crippen molar-refractivity contribution in [3.63, 3.8) is 0 Å². The third-order valence-corrected chi connectivity index (χ3v) is 0.538. The fourth-order valence-corrected chi connectivity index (χ4v) is 0.159. The summed E-state index contributed by atoms with van der Waals surface area (Å²) in [6.45, 7) is 0. The third-order valence-electron chi connectivity index (χ3n) is 0.538. The summed E-state index contributed by atoms with van der Waals surface area (Å²) in [6.07, 6.45) is -15.0. The van der Waals surface area contributed by atoms with E-state index in [0.29, 0.717) is 0 Å². The smallest absolute Gasteiger partial charge is 0.367 e. The number of hydrogen-bond donors (Lipinski definition) is 0. The predicted octanol–water partition coefficient (Wildman–Crippen LogP) is 2.25. The monoisotopic (exact) mass is 182 g/mol. The van der Waals surface area contributed by atoms with E-state index in [1.54, 1.807) is 0 Å². The maximum absolute atomic E-state index is 11.4. The highest BCUT2D eigenvalue weighted by Crippen LogP contribution is 2.36. The molecule has 0 aromatic heterocycles. The topological polar surface area (TPSA) is 26.3 Å². The average Bonchev–Trinajstić information content (AvgIpc) is 1.56. The molecule has 2 nitrogen and oxygen atoms in total. The van der Waals surface area contributed by atoms with Crippen molar-refractivity contribution in [2.24, 2.45) is 0 Å². The second-order valence-electron chi connectivity index (χ2n) is 1.35. The standard InChI is InChI=1S/C3F6O2/c4-1(10)11-3(8,9)2(5,6)7. The van der Waals surface area contributed by atoms with Crippen molar-refractivity contribution in [3.8, 4) is 0 Å². The van der Waals surface area contributed by atoms with Crippen LogP contribution < -0.4 is 0 Å². The summed E-state index contributed by atoms with van der Waals surface area (Å²) in [5.41, 5.74) is 0. The van der Waals surface area contributed by atoms with Gasteiger partial charge >= 0.3 is 18.5 Å². The van der Waals surface area contributed by atoms with Gasteiger partial charge in [-0.05, 0) is 0 Å². The van der Waals surface area contributed by atoms with E-state index < -0.39 is 18.5 Å². The first-order valence-corrected chi connectivity index (χ1v) is 2.00. The summed E-state index contributed by atoms with van der Waals surface area (Å²) in [5.74, 6) is 0. The van der Waals surface area contributed by atoms with Gasteiger partial charge in [0, 0.05) is 0 Å². The van der Waals surface area contributed by atoms with Crippen LogP contribution in [0.1, 0.15) is 0 Å². The van der Waals surface area contributed by atoms with Crippen LogP contribution in [-0.4, -0.2) is 18.5 Å². The van der Waals surface area contributed by atoms with Crippen molar-refractivity contribution in [3.05, 3.63) is 0 Å². The largest absolute Gasteiger partial charge is 0.502 e. The fraction of sp³-hybridized carbons (Fsp3) is 0.667. The maximum atomic E-state index is 11.4. The molecule has 0 aromatic rings. The Morgan fingerprint density at radius 3 is 1.55 bits per heavy atom. The third kappa shape index (κ3) is 2.64. The van der Waals surface area contributed by atoms with Gasteiger partial charge in [-0.3, -0.25) is 0 Å². The van der Waals surface area contributed by atoms with E-state index in [4.69, 9.17) is 4.79 Å². The highest BCUT2D eigenvalue weighted by atomic mass is 19.4. The minimum absolute atomic E-state index is 2.04. The van der Waals surface area contributed by atoms with E-state index in [1.807, 2.05) is 4.74 Å². The summed E-state index contributed by atoms with van der Waals surface area (Å²) < 4.78 is 68.7. The van der Waals surface area contributed by atoms with Crippen LogP contribution in [0.15, 0.2) is 0 Å². The van der Waals surface area contributed by atoms with Crippen LogP contribution in [0.2, 0.25) is 0 Å². The molecule has 0 aromatic carbocycles. The van der Waals surface area contributed by atoms with E-state index in [-0.39, 0.29) is 0 Å². The number of rotatable bonds is 1. The number of carbonyl (C=O) groups excluding carboxylic acids is 1. The molecule has 0 heterocycles. The first-order valence-electron chi connectivity index (χ1n) is 2.00. The zero-order chi connectivity index (χ0) is 9.28. The molecule has 0 saturated heterocycles. The molecule has 66 valence electrons. The van der Waals surface area contributed by atoms with Crippen LogP contribution in [0.25, 0.3) is 0 Å². The van der Waals surface area contributed by atoms with Crippen molar-refractivity contribution in [1.82, 2.24) is 0 Å². The molecular formula is C3F6O2. The molecule has 8 heteroatoms. The Morgan fingerprint density at radius 2 is 1.45 bits per heavy atom. The predicted molar refractivity (Wildman–Crippen MR) is 18.6 cm³/mol. The Morgan fingerprint density at radius 1 is 1.09 bits per heavy atom. The Balaban J connectivity index is 4.34. The van der Waals surface area contributed by atoms with Crippen LogP contribution in [0.3, 0.4) is 0 Å². The molecule has 0 atom stereocenters. The molecule has 0 bridgehead atoms. The molecule has 0 spiro atoms. The SMILES string of the molecule is O=C(F)OC(F)(F)C(F)(F)F. The van der Waals surface area contributed by atoms with Crippen molar-refractivity contribution >= 4 is 6.22 Å². The van der Waals surface area contributed by atoms with Crippen LogP contribution in [0, 0.1) is 0 Å². The quantitative estimate of drug-likeness (QED) is 0.459. The second-order valence-corrected chi connectivity index (χ2v) is 1.35. The maximum Gasteiger partial charge on any atom is 0.502 e. The molecule has 0 aliphatic rings. The number of carbonyl (C=O) groups is 1. The van der Waals surface area contributed by atoms with Crippen LogP contribution in [-0.2, 0) is 4.74 Å². The lowest BCUT2D eigenvalue weighted by Gasteiger charge is -2.16. The Labute approximate surface area is 55.7 Å².